The van der Waals surface area contributed by atoms with Crippen molar-refractivity contribution in [3.8, 4) is 11.4 Å². The summed E-state index contributed by atoms with van der Waals surface area (Å²) in [5.41, 5.74) is 9.33. The van der Waals surface area contributed by atoms with Gasteiger partial charge in [-0.05, 0) is 93.0 Å². The molecule has 3 heterocycles. The fourth-order valence-electron chi connectivity index (χ4n) is 5.14. The minimum Gasteiger partial charge on any atom is -0.497 e. The number of nitrogens with zero attached hydrogens (tertiary/aromatic N) is 3. The van der Waals surface area contributed by atoms with Crippen LogP contribution < -0.4 is 15.0 Å². The number of methoxy groups -OCH3 is 1. The molecule has 0 aliphatic carbocycles. The van der Waals surface area contributed by atoms with E-state index in [0.29, 0.717) is 5.11 Å². The van der Waals surface area contributed by atoms with E-state index < -0.39 is 0 Å². The first-order chi connectivity index (χ1) is 16.9. The monoisotopic (exact) mass is 482 g/mol. The highest BCUT2D eigenvalue weighted by atomic mass is 32.1. The molecule has 35 heavy (non-hydrogen) atoms. The molecule has 1 saturated heterocycles. The van der Waals surface area contributed by atoms with E-state index in [9.17, 15) is 0 Å². The number of hydrogen-bond donors (Lipinski definition) is 1. The Morgan fingerprint density at radius 2 is 1.74 bits per heavy atom. The molecular formula is C29H30N4OS. The van der Waals surface area contributed by atoms with Gasteiger partial charge < -0.3 is 19.5 Å². The lowest BCUT2D eigenvalue weighted by Crippen LogP contribution is -2.29. The fourth-order valence-corrected chi connectivity index (χ4v) is 5.49. The average Bonchev–Trinajstić information content (AvgIpc) is 3.36. The van der Waals surface area contributed by atoms with Crippen molar-refractivity contribution < 1.29 is 4.74 Å². The predicted molar refractivity (Wildman–Crippen MR) is 146 cm³/mol. The molecule has 2 aromatic carbocycles. The zero-order chi connectivity index (χ0) is 24.7. The maximum Gasteiger partial charge on any atom is 0.174 e. The molecule has 5 nitrogen and oxygen atoms in total. The van der Waals surface area contributed by atoms with Crippen molar-refractivity contribution >= 4 is 23.0 Å². The zero-order valence-corrected chi connectivity index (χ0v) is 21.6. The van der Waals surface area contributed by atoms with Crippen LogP contribution in [0.3, 0.4) is 0 Å². The second-order valence-corrected chi connectivity index (χ2v) is 9.47. The smallest absolute Gasteiger partial charge is 0.174 e. The summed E-state index contributed by atoms with van der Waals surface area (Å²) in [5, 5.41) is 4.24. The van der Waals surface area contributed by atoms with Gasteiger partial charge in [0.05, 0.1) is 24.9 Å². The third-order valence-electron chi connectivity index (χ3n) is 7.04. The normalized spacial score (nSPS) is 17.5. The molecule has 0 radical (unpaired) electrons. The molecule has 2 aromatic heterocycles. The Kier molecular flexibility index (Phi) is 6.07. The topological polar surface area (TPSA) is 42.3 Å². The number of hydrogen-bond acceptors (Lipinski definition) is 3. The number of ether oxygens (including phenoxy) is 1. The predicted octanol–water partition coefficient (Wildman–Crippen LogP) is 6.29. The number of pyridine rings is 1. The largest absolute Gasteiger partial charge is 0.497 e. The Morgan fingerprint density at radius 3 is 2.49 bits per heavy atom. The van der Waals surface area contributed by atoms with Crippen molar-refractivity contribution in [2.75, 3.05) is 12.0 Å². The molecule has 1 fully saturated rings. The third-order valence-corrected chi connectivity index (χ3v) is 7.35. The van der Waals surface area contributed by atoms with Crippen molar-refractivity contribution in [2.45, 2.75) is 39.8 Å². The first-order valence-electron chi connectivity index (χ1n) is 11.8. The minimum atomic E-state index is -0.0949. The maximum atomic E-state index is 5.91. The number of benzene rings is 2. The lowest BCUT2D eigenvalue weighted by Gasteiger charge is -2.28. The number of nitrogens with one attached hydrogen (secondary N) is 1. The van der Waals surface area contributed by atoms with E-state index in [-0.39, 0.29) is 12.1 Å². The minimum absolute atomic E-state index is 0.0745. The highest BCUT2D eigenvalue weighted by Gasteiger charge is 2.42. The zero-order valence-electron chi connectivity index (χ0n) is 20.7. The van der Waals surface area contributed by atoms with Gasteiger partial charge in [0.15, 0.2) is 5.11 Å². The summed E-state index contributed by atoms with van der Waals surface area (Å²) in [7, 11) is 1.69. The van der Waals surface area contributed by atoms with Crippen LogP contribution in [0.1, 0.15) is 45.9 Å². The summed E-state index contributed by atoms with van der Waals surface area (Å²) in [6.45, 7) is 8.72. The second-order valence-electron chi connectivity index (χ2n) is 9.08. The second kappa shape index (κ2) is 9.19. The van der Waals surface area contributed by atoms with E-state index in [1.54, 1.807) is 7.11 Å². The lowest BCUT2D eigenvalue weighted by atomic mass is 9.96. The Bertz CT molecular complexity index is 1400. The van der Waals surface area contributed by atoms with E-state index in [1.165, 1.54) is 33.8 Å². The van der Waals surface area contributed by atoms with Crippen molar-refractivity contribution in [1.29, 1.82) is 0 Å². The Hall–Kier alpha value is -3.64. The summed E-state index contributed by atoms with van der Waals surface area (Å²) < 4.78 is 7.88. The molecule has 2 atom stereocenters. The number of aromatic nitrogens is 2. The van der Waals surface area contributed by atoms with Crippen LogP contribution in [0, 0.1) is 27.7 Å². The van der Waals surface area contributed by atoms with Crippen LogP contribution >= 0.6 is 12.2 Å². The van der Waals surface area contributed by atoms with Gasteiger partial charge in [-0.1, -0.05) is 24.3 Å². The Balaban J connectivity index is 1.70. The average molecular weight is 483 g/mol. The molecule has 1 aliphatic heterocycles. The van der Waals surface area contributed by atoms with Crippen LogP contribution in [0.15, 0.2) is 72.9 Å². The first kappa shape index (κ1) is 23.1. The van der Waals surface area contributed by atoms with Gasteiger partial charge in [-0.15, -0.1) is 0 Å². The number of rotatable bonds is 5. The van der Waals surface area contributed by atoms with Crippen LogP contribution in [0.5, 0.6) is 5.75 Å². The summed E-state index contributed by atoms with van der Waals surface area (Å²) in [6.07, 6.45) is 1.84. The van der Waals surface area contributed by atoms with Gasteiger partial charge in [-0.2, -0.15) is 0 Å². The van der Waals surface area contributed by atoms with Gasteiger partial charge in [0.1, 0.15) is 5.75 Å². The molecule has 0 bridgehead atoms. The van der Waals surface area contributed by atoms with Crippen molar-refractivity contribution in [1.82, 2.24) is 14.9 Å². The highest BCUT2D eigenvalue weighted by molar-refractivity contribution is 7.80. The SMILES string of the molecule is COc1cccc(N2C(=S)N[C@H](c3ccccn3)[C@@H]2c2cc(C)n(-c3cccc(C)c3C)c2C)c1. The van der Waals surface area contributed by atoms with E-state index >= 15 is 0 Å². The van der Waals surface area contributed by atoms with Gasteiger partial charge >= 0.3 is 0 Å². The molecule has 0 spiro atoms. The summed E-state index contributed by atoms with van der Waals surface area (Å²) in [6, 6.07) is 22.7. The lowest BCUT2D eigenvalue weighted by molar-refractivity contribution is 0.415. The van der Waals surface area contributed by atoms with Crippen LogP contribution in [0.25, 0.3) is 5.69 Å². The van der Waals surface area contributed by atoms with Gasteiger partial charge in [0.25, 0.3) is 0 Å². The quantitative estimate of drug-likeness (QED) is 0.339. The molecule has 1 N–H and O–H groups in total. The van der Waals surface area contributed by atoms with Gasteiger partial charge in [-0.25, -0.2) is 0 Å². The molecule has 178 valence electrons. The molecule has 5 rings (SSSR count). The molecule has 1 aliphatic rings. The van der Waals surface area contributed by atoms with E-state index in [0.717, 1.165) is 17.1 Å². The van der Waals surface area contributed by atoms with Crippen molar-refractivity contribution in [3.63, 3.8) is 0 Å². The maximum absolute atomic E-state index is 5.91. The van der Waals surface area contributed by atoms with E-state index in [4.69, 9.17) is 21.9 Å². The van der Waals surface area contributed by atoms with Crippen molar-refractivity contribution in [2.24, 2.45) is 0 Å². The molecule has 4 aromatic rings. The Labute approximate surface area is 212 Å². The van der Waals surface area contributed by atoms with Crippen LogP contribution in [0.4, 0.5) is 5.69 Å². The molecular weight excluding hydrogens is 452 g/mol. The molecule has 0 amide bonds. The van der Waals surface area contributed by atoms with Crippen LogP contribution in [-0.2, 0) is 0 Å². The Morgan fingerprint density at radius 1 is 0.943 bits per heavy atom. The summed E-state index contributed by atoms with van der Waals surface area (Å²) in [4.78, 5) is 6.90. The van der Waals surface area contributed by atoms with E-state index in [1.807, 2.05) is 36.5 Å². The molecule has 6 heteroatoms. The van der Waals surface area contributed by atoms with Crippen LogP contribution in [0.2, 0.25) is 0 Å². The van der Waals surface area contributed by atoms with Crippen LogP contribution in [-0.4, -0.2) is 21.8 Å². The standard InChI is InChI=1S/C29H30N4OS/c1-18-10-8-14-26(20(18)3)32-19(2)16-24(21(32)4)28-27(25-13-6-7-15-30-25)31-29(35)33(28)22-11-9-12-23(17-22)34-5/h6-17,27-28H,1-5H3,(H,31,35)/t27-,28+/m1/s1. The number of thiocarbonyl (C=S) groups is 1. The van der Waals surface area contributed by atoms with Gasteiger partial charge in [0, 0.05) is 35.0 Å². The van der Waals surface area contributed by atoms with E-state index in [2.05, 4.69) is 78.9 Å². The first-order valence-corrected chi connectivity index (χ1v) is 12.2. The molecule has 0 saturated carbocycles. The highest BCUT2D eigenvalue weighted by Crippen LogP contribution is 2.44. The number of anilines is 1. The van der Waals surface area contributed by atoms with Crippen molar-refractivity contribution in [3.05, 3.63) is 107 Å². The molecule has 0 unspecified atom stereocenters. The van der Waals surface area contributed by atoms with Gasteiger partial charge in [-0.3, -0.25) is 4.98 Å². The number of aryl methyl sites for hydroxylation is 2. The summed E-state index contributed by atoms with van der Waals surface area (Å²) >= 11 is 5.91. The fraction of sp³-hybridized carbons (Fsp3) is 0.241. The summed E-state index contributed by atoms with van der Waals surface area (Å²) in [5.74, 6) is 0.797. The van der Waals surface area contributed by atoms with Gasteiger partial charge in [0.2, 0.25) is 0 Å². The third kappa shape index (κ3) is 3.98.